The van der Waals surface area contributed by atoms with Crippen molar-refractivity contribution >= 4 is 17.1 Å². The van der Waals surface area contributed by atoms with E-state index in [9.17, 15) is 10.1 Å². The summed E-state index contributed by atoms with van der Waals surface area (Å²) in [7, 11) is 0. The molecule has 0 fully saturated rings. The van der Waals surface area contributed by atoms with Gasteiger partial charge in [0.2, 0.25) is 0 Å². The molecule has 5 nitrogen and oxygen atoms in total. The number of hydrogen-bond donors (Lipinski definition) is 0. The average molecular weight is 227 g/mol. The molecule has 2 aromatic rings. The Morgan fingerprint density at radius 3 is 1.88 bits per heavy atom. The van der Waals surface area contributed by atoms with Crippen LogP contribution in [0.2, 0.25) is 0 Å². The summed E-state index contributed by atoms with van der Waals surface area (Å²) in [5, 5.41) is 18.4. The van der Waals surface area contributed by atoms with E-state index in [4.69, 9.17) is 0 Å². The summed E-state index contributed by atoms with van der Waals surface area (Å²) in [4.78, 5) is 10.00. The van der Waals surface area contributed by atoms with E-state index in [1.165, 1.54) is 12.1 Å². The van der Waals surface area contributed by atoms with Crippen LogP contribution in [0.15, 0.2) is 64.8 Å². The van der Waals surface area contributed by atoms with Gasteiger partial charge in [0.05, 0.1) is 16.3 Å². The second-order valence-electron chi connectivity index (χ2n) is 3.31. The third-order valence-corrected chi connectivity index (χ3v) is 2.10. The lowest BCUT2D eigenvalue weighted by Crippen LogP contribution is -1.85. The van der Waals surface area contributed by atoms with E-state index in [1.54, 1.807) is 12.1 Å². The van der Waals surface area contributed by atoms with Gasteiger partial charge in [0, 0.05) is 12.1 Å². The van der Waals surface area contributed by atoms with Gasteiger partial charge in [0.25, 0.3) is 5.69 Å². The maximum atomic E-state index is 10.4. The number of nitrogens with zero attached hydrogens (tertiary/aromatic N) is 3. The van der Waals surface area contributed by atoms with E-state index in [-0.39, 0.29) is 5.69 Å². The maximum Gasteiger partial charge on any atom is 0.269 e. The van der Waals surface area contributed by atoms with Gasteiger partial charge in [-0.15, -0.1) is 0 Å². The van der Waals surface area contributed by atoms with Crippen LogP contribution in [-0.4, -0.2) is 4.92 Å². The third-order valence-electron chi connectivity index (χ3n) is 2.10. The molecule has 5 heteroatoms. The molecule has 0 unspecified atom stereocenters. The number of rotatable bonds is 3. The zero-order valence-electron chi connectivity index (χ0n) is 8.85. The quantitative estimate of drug-likeness (QED) is 0.451. The van der Waals surface area contributed by atoms with Gasteiger partial charge < -0.3 is 0 Å². The smallest absolute Gasteiger partial charge is 0.258 e. The van der Waals surface area contributed by atoms with Crippen molar-refractivity contribution in [2.45, 2.75) is 0 Å². The lowest BCUT2D eigenvalue weighted by Gasteiger charge is -1.93. The molecule has 0 amide bonds. The van der Waals surface area contributed by atoms with Crippen molar-refractivity contribution < 1.29 is 4.92 Å². The van der Waals surface area contributed by atoms with Gasteiger partial charge in [-0.25, -0.2) is 0 Å². The number of hydrogen-bond acceptors (Lipinski definition) is 4. The normalized spacial score (nSPS) is 10.6. The zero-order chi connectivity index (χ0) is 12.1. The summed E-state index contributed by atoms with van der Waals surface area (Å²) in [6.07, 6.45) is 0. The van der Waals surface area contributed by atoms with Crippen molar-refractivity contribution in [2.75, 3.05) is 0 Å². The van der Waals surface area contributed by atoms with Gasteiger partial charge in [-0.1, -0.05) is 18.2 Å². The lowest BCUT2D eigenvalue weighted by atomic mass is 10.3. The third kappa shape index (κ3) is 2.94. The molecular formula is C12H9N3O2. The molecule has 0 heterocycles. The van der Waals surface area contributed by atoms with Crippen LogP contribution in [-0.2, 0) is 0 Å². The number of benzene rings is 2. The topological polar surface area (TPSA) is 67.9 Å². The van der Waals surface area contributed by atoms with E-state index in [0.29, 0.717) is 5.69 Å². The zero-order valence-corrected chi connectivity index (χ0v) is 8.85. The molecule has 0 N–H and O–H groups in total. The highest BCUT2D eigenvalue weighted by atomic mass is 16.6. The first-order valence-electron chi connectivity index (χ1n) is 4.97. The lowest BCUT2D eigenvalue weighted by molar-refractivity contribution is -0.384. The van der Waals surface area contributed by atoms with Crippen molar-refractivity contribution in [1.82, 2.24) is 0 Å². The van der Waals surface area contributed by atoms with E-state index >= 15 is 0 Å². The van der Waals surface area contributed by atoms with Gasteiger partial charge in [-0.3, -0.25) is 10.1 Å². The first-order valence-corrected chi connectivity index (χ1v) is 4.97. The number of azo groups is 1. The maximum absolute atomic E-state index is 10.4. The highest BCUT2D eigenvalue weighted by molar-refractivity contribution is 5.44. The van der Waals surface area contributed by atoms with E-state index in [1.807, 2.05) is 30.3 Å². The van der Waals surface area contributed by atoms with Crippen molar-refractivity contribution in [3.05, 3.63) is 64.7 Å². The number of nitro groups is 1. The molecule has 0 atom stereocenters. The summed E-state index contributed by atoms with van der Waals surface area (Å²) in [6.45, 7) is 0. The van der Waals surface area contributed by atoms with Gasteiger partial charge in [-0.2, -0.15) is 10.2 Å². The van der Waals surface area contributed by atoms with Crippen LogP contribution < -0.4 is 0 Å². The van der Waals surface area contributed by atoms with E-state index in [0.717, 1.165) is 5.69 Å². The molecule has 0 aliphatic carbocycles. The van der Waals surface area contributed by atoms with Crippen LogP contribution in [0.3, 0.4) is 0 Å². The van der Waals surface area contributed by atoms with Crippen molar-refractivity contribution in [2.24, 2.45) is 10.2 Å². The van der Waals surface area contributed by atoms with E-state index in [2.05, 4.69) is 10.2 Å². The van der Waals surface area contributed by atoms with Gasteiger partial charge >= 0.3 is 0 Å². The van der Waals surface area contributed by atoms with Gasteiger partial charge in [0.15, 0.2) is 0 Å². The monoisotopic (exact) mass is 227 g/mol. The second kappa shape index (κ2) is 4.98. The molecule has 0 radical (unpaired) electrons. The van der Waals surface area contributed by atoms with E-state index < -0.39 is 4.92 Å². The van der Waals surface area contributed by atoms with Crippen LogP contribution in [0.5, 0.6) is 0 Å². The Morgan fingerprint density at radius 2 is 1.35 bits per heavy atom. The van der Waals surface area contributed by atoms with Crippen molar-refractivity contribution in [3.8, 4) is 0 Å². The summed E-state index contributed by atoms with van der Waals surface area (Å²) >= 11 is 0. The number of nitro benzene ring substituents is 1. The fourth-order valence-electron chi connectivity index (χ4n) is 1.25. The van der Waals surface area contributed by atoms with Crippen LogP contribution in [0.25, 0.3) is 0 Å². The van der Waals surface area contributed by atoms with Crippen LogP contribution in [0.4, 0.5) is 17.1 Å². The van der Waals surface area contributed by atoms with Gasteiger partial charge in [-0.05, 0) is 24.3 Å². The minimum Gasteiger partial charge on any atom is -0.258 e. The predicted molar refractivity (Wildman–Crippen MR) is 63.7 cm³/mol. The second-order valence-corrected chi connectivity index (χ2v) is 3.31. The molecular weight excluding hydrogens is 218 g/mol. The highest BCUT2D eigenvalue weighted by Gasteiger charge is 2.02. The average Bonchev–Trinajstić information content (AvgIpc) is 2.38. The largest absolute Gasteiger partial charge is 0.269 e. The molecule has 0 aliphatic rings. The molecule has 0 saturated heterocycles. The van der Waals surface area contributed by atoms with Crippen LogP contribution >= 0.6 is 0 Å². The minimum absolute atomic E-state index is 0.0451. The Bertz CT molecular complexity index is 535. The predicted octanol–water partition coefficient (Wildman–Crippen LogP) is 4.01. The molecule has 2 aromatic carbocycles. The Hall–Kier alpha value is -2.56. The van der Waals surface area contributed by atoms with Crippen LogP contribution in [0.1, 0.15) is 0 Å². The standard InChI is InChI=1S/C12H9N3O2/c16-15(17)12-8-6-11(7-9-12)14-13-10-4-2-1-3-5-10/h1-9H. The summed E-state index contributed by atoms with van der Waals surface area (Å²) in [6, 6.07) is 15.2. The molecule has 17 heavy (non-hydrogen) atoms. The fourth-order valence-corrected chi connectivity index (χ4v) is 1.25. The molecule has 0 bridgehead atoms. The SMILES string of the molecule is O=[N+]([O-])c1ccc(N=Nc2ccccc2)cc1. The number of non-ortho nitro benzene ring substituents is 1. The van der Waals surface area contributed by atoms with Crippen molar-refractivity contribution in [1.29, 1.82) is 0 Å². The Morgan fingerprint density at radius 1 is 0.824 bits per heavy atom. The Labute approximate surface area is 97.6 Å². The molecule has 84 valence electrons. The molecule has 0 saturated carbocycles. The Kier molecular flexibility index (Phi) is 3.20. The summed E-state index contributed by atoms with van der Waals surface area (Å²) in [5.41, 5.74) is 1.37. The molecule has 0 aromatic heterocycles. The minimum atomic E-state index is -0.446. The first kappa shape index (κ1) is 10.9. The van der Waals surface area contributed by atoms with Crippen molar-refractivity contribution in [3.63, 3.8) is 0 Å². The van der Waals surface area contributed by atoms with Gasteiger partial charge in [0.1, 0.15) is 0 Å². The first-order chi connectivity index (χ1) is 8.25. The highest BCUT2D eigenvalue weighted by Crippen LogP contribution is 2.20. The summed E-state index contributed by atoms with van der Waals surface area (Å²) < 4.78 is 0. The molecule has 0 aliphatic heterocycles. The molecule has 2 rings (SSSR count). The molecule has 0 spiro atoms. The summed E-state index contributed by atoms with van der Waals surface area (Å²) in [5.74, 6) is 0. The van der Waals surface area contributed by atoms with Crippen LogP contribution in [0, 0.1) is 10.1 Å². The fraction of sp³-hybridized carbons (Fsp3) is 0. The Balaban J connectivity index is 2.14.